The van der Waals surface area contributed by atoms with Gasteiger partial charge in [0, 0.05) is 18.8 Å². The lowest BCUT2D eigenvalue weighted by Gasteiger charge is -2.15. The van der Waals surface area contributed by atoms with E-state index in [0.29, 0.717) is 16.6 Å². The van der Waals surface area contributed by atoms with Gasteiger partial charge in [-0.1, -0.05) is 0 Å². The zero-order valence-electron chi connectivity index (χ0n) is 10.4. The van der Waals surface area contributed by atoms with Gasteiger partial charge in [-0.15, -0.1) is 0 Å². The number of pyridine rings is 1. The molecule has 2 aromatic heterocycles. The molecule has 2 heterocycles. The second-order valence-corrected chi connectivity index (χ2v) is 4.28. The summed E-state index contributed by atoms with van der Waals surface area (Å²) in [5, 5.41) is 10.4. The monoisotopic (exact) mass is 301 g/mol. The SMILES string of the molecule is O=C(O)C(Cc1c[nH]c2cccnc12)NC(=O)C(F)(F)F. The molecule has 0 aliphatic heterocycles. The number of aromatic amines is 1. The molecule has 0 bridgehead atoms. The topological polar surface area (TPSA) is 95.1 Å². The summed E-state index contributed by atoms with van der Waals surface area (Å²) >= 11 is 0. The number of H-pyrrole nitrogens is 1. The third-order valence-corrected chi connectivity index (χ3v) is 2.80. The lowest BCUT2D eigenvalue weighted by Crippen LogP contribution is -2.47. The predicted molar refractivity (Wildman–Crippen MR) is 65.4 cm³/mol. The van der Waals surface area contributed by atoms with Crippen LogP contribution in [-0.4, -0.2) is 39.2 Å². The van der Waals surface area contributed by atoms with E-state index in [-0.39, 0.29) is 6.42 Å². The minimum Gasteiger partial charge on any atom is -0.480 e. The Morgan fingerprint density at radius 1 is 1.43 bits per heavy atom. The minimum atomic E-state index is -5.13. The van der Waals surface area contributed by atoms with Crippen molar-refractivity contribution < 1.29 is 27.9 Å². The highest BCUT2D eigenvalue weighted by Crippen LogP contribution is 2.18. The van der Waals surface area contributed by atoms with E-state index >= 15 is 0 Å². The summed E-state index contributed by atoms with van der Waals surface area (Å²) in [5.74, 6) is -3.85. The number of halogens is 3. The molecular weight excluding hydrogens is 291 g/mol. The first kappa shape index (κ1) is 14.8. The van der Waals surface area contributed by atoms with E-state index < -0.39 is 24.1 Å². The summed E-state index contributed by atoms with van der Waals surface area (Å²) in [6.45, 7) is 0. The minimum absolute atomic E-state index is 0.311. The predicted octanol–water partition coefficient (Wildman–Crippen LogP) is 1.24. The largest absolute Gasteiger partial charge is 0.480 e. The smallest absolute Gasteiger partial charge is 0.471 e. The van der Waals surface area contributed by atoms with Crippen LogP contribution in [0.2, 0.25) is 0 Å². The fraction of sp³-hybridized carbons (Fsp3) is 0.250. The summed E-state index contributed by atoms with van der Waals surface area (Å²) in [6.07, 6.45) is -2.52. The quantitative estimate of drug-likeness (QED) is 0.791. The van der Waals surface area contributed by atoms with Crippen LogP contribution in [0.1, 0.15) is 5.56 Å². The van der Waals surface area contributed by atoms with E-state index in [1.807, 2.05) is 0 Å². The number of carbonyl (C=O) groups is 2. The maximum absolute atomic E-state index is 12.2. The Labute approximate surface area is 116 Å². The first-order valence-electron chi connectivity index (χ1n) is 5.80. The molecule has 0 aliphatic carbocycles. The molecule has 9 heteroatoms. The van der Waals surface area contributed by atoms with Crippen LogP contribution in [0.3, 0.4) is 0 Å². The third kappa shape index (κ3) is 3.30. The van der Waals surface area contributed by atoms with Crippen LogP contribution in [0.15, 0.2) is 24.5 Å². The van der Waals surface area contributed by atoms with E-state index in [4.69, 9.17) is 5.11 Å². The van der Waals surface area contributed by atoms with Crippen molar-refractivity contribution in [2.75, 3.05) is 0 Å². The lowest BCUT2D eigenvalue weighted by molar-refractivity contribution is -0.175. The van der Waals surface area contributed by atoms with Crippen molar-refractivity contribution >= 4 is 22.9 Å². The number of aromatic nitrogens is 2. The second kappa shape index (κ2) is 5.43. The molecule has 2 aromatic rings. The highest BCUT2D eigenvalue weighted by molar-refractivity contribution is 5.87. The Bertz CT molecular complexity index is 681. The van der Waals surface area contributed by atoms with Gasteiger partial charge in [0.2, 0.25) is 0 Å². The zero-order chi connectivity index (χ0) is 15.6. The molecule has 0 fully saturated rings. The second-order valence-electron chi connectivity index (χ2n) is 4.28. The van der Waals surface area contributed by atoms with Gasteiger partial charge >= 0.3 is 18.1 Å². The van der Waals surface area contributed by atoms with Crippen LogP contribution < -0.4 is 5.32 Å². The summed E-state index contributed by atoms with van der Waals surface area (Å²) in [7, 11) is 0. The number of fused-ring (bicyclic) bond motifs is 1. The number of carboxylic acids is 1. The molecule has 0 aromatic carbocycles. The van der Waals surface area contributed by atoms with E-state index in [0.717, 1.165) is 0 Å². The van der Waals surface area contributed by atoms with Crippen molar-refractivity contribution in [2.45, 2.75) is 18.6 Å². The molecule has 3 N–H and O–H groups in total. The number of nitrogens with one attached hydrogen (secondary N) is 2. The highest BCUT2D eigenvalue weighted by Gasteiger charge is 2.40. The van der Waals surface area contributed by atoms with Gasteiger partial charge in [0.25, 0.3) is 0 Å². The normalized spacial score (nSPS) is 13.1. The fourth-order valence-corrected chi connectivity index (χ4v) is 1.83. The Morgan fingerprint density at radius 2 is 2.14 bits per heavy atom. The van der Waals surface area contributed by atoms with E-state index in [9.17, 15) is 22.8 Å². The Balaban J connectivity index is 2.21. The van der Waals surface area contributed by atoms with Gasteiger partial charge in [-0.2, -0.15) is 13.2 Å². The third-order valence-electron chi connectivity index (χ3n) is 2.80. The van der Waals surface area contributed by atoms with Gasteiger partial charge in [-0.25, -0.2) is 4.79 Å². The molecule has 0 saturated heterocycles. The molecule has 1 amide bonds. The van der Waals surface area contributed by atoms with Crippen molar-refractivity contribution in [3.05, 3.63) is 30.1 Å². The van der Waals surface area contributed by atoms with Gasteiger partial charge < -0.3 is 15.4 Å². The number of amides is 1. The summed E-state index contributed by atoms with van der Waals surface area (Å²) in [6, 6.07) is 1.65. The number of hydrogen-bond acceptors (Lipinski definition) is 3. The molecule has 0 radical (unpaired) electrons. The van der Waals surface area contributed by atoms with Crippen LogP contribution >= 0.6 is 0 Å². The fourth-order valence-electron chi connectivity index (χ4n) is 1.83. The van der Waals surface area contributed by atoms with E-state index in [1.54, 1.807) is 12.1 Å². The van der Waals surface area contributed by atoms with Gasteiger partial charge in [0.05, 0.1) is 11.0 Å². The van der Waals surface area contributed by atoms with Crippen molar-refractivity contribution in [1.29, 1.82) is 0 Å². The molecule has 0 spiro atoms. The standard InChI is InChI=1S/C12H10F3N3O3/c13-12(14,15)11(21)18-8(10(19)20)4-6-5-17-7-2-1-3-16-9(6)7/h1-3,5,8,17H,4H2,(H,18,21)(H,19,20). The molecule has 2 rings (SSSR count). The van der Waals surface area contributed by atoms with Crippen LogP contribution in [0.25, 0.3) is 11.0 Å². The molecule has 1 unspecified atom stereocenters. The Hall–Kier alpha value is -2.58. The van der Waals surface area contributed by atoms with Crippen LogP contribution in [0, 0.1) is 0 Å². The van der Waals surface area contributed by atoms with E-state index in [2.05, 4.69) is 9.97 Å². The van der Waals surface area contributed by atoms with Crippen LogP contribution in [0.5, 0.6) is 0 Å². The average Bonchev–Trinajstić information content (AvgIpc) is 2.80. The number of carbonyl (C=O) groups excluding carboxylic acids is 1. The number of hydrogen-bond donors (Lipinski definition) is 3. The Morgan fingerprint density at radius 3 is 2.76 bits per heavy atom. The first-order valence-corrected chi connectivity index (χ1v) is 5.80. The summed E-state index contributed by atoms with van der Waals surface area (Å²) < 4.78 is 36.5. The molecule has 112 valence electrons. The van der Waals surface area contributed by atoms with Gasteiger partial charge in [0.15, 0.2) is 0 Å². The number of carboxylic acid groups (broad SMARTS) is 1. The van der Waals surface area contributed by atoms with Crippen molar-refractivity contribution in [3.8, 4) is 0 Å². The van der Waals surface area contributed by atoms with Crippen LogP contribution in [-0.2, 0) is 16.0 Å². The maximum Gasteiger partial charge on any atom is 0.471 e. The molecule has 6 nitrogen and oxygen atoms in total. The summed E-state index contributed by atoms with van der Waals surface area (Å²) in [4.78, 5) is 28.7. The Kier molecular flexibility index (Phi) is 3.83. The number of aliphatic carboxylic acids is 1. The highest BCUT2D eigenvalue weighted by atomic mass is 19.4. The number of alkyl halides is 3. The lowest BCUT2D eigenvalue weighted by atomic mass is 10.1. The molecular formula is C12H10F3N3O3. The van der Waals surface area contributed by atoms with Crippen molar-refractivity contribution in [1.82, 2.24) is 15.3 Å². The number of rotatable bonds is 4. The van der Waals surface area contributed by atoms with Crippen molar-refractivity contribution in [3.63, 3.8) is 0 Å². The van der Waals surface area contributed by atoms with Gasteiger partial charge in [-0.05, 0) is 17.7 Å². The summed E-state index contributed by atoms with van der Waals surface area (Å²) in [5.41, 5.74) is 1.48. The number of nitrogens with zero attached hydrogens (tertiary/aromatic N) is 1. The zero-order valence-corrected chi connectivity index (χ0v) is 10.4. The van der Waals surface area contributed by atoms with Gasteiger partial charge in [0.1, 0.15) is 6.04 Å². The molecule has 0 aliphatic rings. The molecule has 0 saturated carbocycles. The maximum atomic E-state index is 12.2. The van der Waals surface area contributed by atoms with E-state index in [1.165, 1.54) is 17.7 Å². The van der Waals surface area contributed by atoms with Gasteiger partial charge in [-0.3, -0.25) is 9.78 Å². The molecule has 1 atom stereocenters. The first-order chi connectivity index (χ1) is 9.79. The van der Waals surface area contributed by atoms with Crippen LogP contribution in [0.4, 0.5) is 13.2 Å². The van der Waals surface area contributed by atoms with Crippen molar-refractivity contribution in [2.24, 2.45) is 0 Å². The molecule has 21 heavy (non-hydrogen) atoms. The average molecular weight is 301 g/mol.